The van der Waals surface area contributed by atoms with Gasteiger partial charge in [-0.2, -0.15) is 0 Å². The van der Waals surface area contributed by atoms with Crippen molar-refractivity contribution < 1.29 is 0 Å². The highest BCUT2D eigenvalue weighted by Crippen LogP contribution is 2.48. The average Bonchev–Trinajstić information content (AvgIpc) is 2.86. The van der Waals surface area contributed by atoms with E-state index in [2.05, 4.69) is 13.8 Å². The fourth-order valence-electron chi connectivity index (χ4n) is 8.33. The van der Waals surface area contributed by atoms with Crippen LogP contribution < -0.4 is 0 Å². The maximum absolute atomic E-state index is 2.37. The standard InChI is InChI=1S/C32H60/c1-3-5-7-12-19-29-20-15-16-22-32(29)30-21-14-10-8-9-13-18-28-24-23-27(17-11-6-4-2)25-31(28)26-30/h27-32H,3-26H2,1-2H3. The Labute approximate surface area is 203 Å². The summed E-state index contributed by atoms with van der Waals surface area (Å²) >= 11 is 0. The molecule has 0 heterocycles. The van der Waals surface area contributed by atoms with E-state index >= 15 is 0 Å². The van der Waals surface area contributed by atoms with Gasteiger partial charge in [-0.25, -0.2) is 0 Å². The third kappa shape index (κ3) is 8.98. The van der Waals surface area contributed by atoms with Gasteiger partial charge in [0.1, 0.15) is 0 Å². The molecule has 32 heavy (non-hydrogen) atoms. The highest BCUT2D eigenvalue weighted by molar-refractivity contribution is 4.87. The molecule has 3 rings (SSSR count). The molecule has 3 aliphatic carbocycles. The minimum Gasteiger partial charge on any atom is -0.0654 e. The van der Waals surface area contributed by atoms with Crippen molar-refractivity contribution in [3.63, 3.8) is 0 Å². The summed E-state index contributed by atoms with van der Waals surface area (Å²) in [5, 5.41) is 0. The molecule has 0 amide bonds. The fraction of sp³-hybridized carbons (Fsp3) is 1.00. The molecule has 0 heteroatoms. The van der Waals surface area contributed by atoms with Crippen molar-refractivity contribution >= 4 is 0 Å². The van der Waals surface area contributed by atoms with Gasteiger partial charge in [-0.05, 0) is 61.2 Å². The number of unbranched alkanes of at least 4 members (excludes halogenated alkanes) is 5. The van der Waals surface area contributed by atoms with Crippen LogP contribution in [-0.2, 0) is 0 Å². The molecule has 3 fully saturated rings. The van der Waals surface area contributed by atoms with Crippen molar-refractivity contribution in [1.29, 1.82) is 0 Å². The molecule has 3 saturated carbocycles. The molecule has 3 aliphatic rings. The predicted molar refractivity (Wildman–Crippen MR) is 143 cm³/mol. The Hall–Kier alpha value is 0. The van der Waals surface area contributed by atoms with Gasteiger partial charge in [0.05, 0.1) is 0 Å². The summed E-state index contributed by atoms with van der Waals surface area (Å²) in [5.41, 5.74) is 0. The summed E-state index contributed by atoms with van der Waals surface area (Å²) in [6.07, 6.45) is 36.8. The lowest BCUT2D eigenvalue weighted by molar-refractivity contribution is 0.0791. The Morgan fingerprint density at radius 1 is 0.469 bits per heavy atom. The average molecular weight is 445 g/mol. The number of hydrogen-bond donors (Lipinski definition) is 0. The Balaban J connectivity index is 1.64. The molecule has 0 aromatic rings. The molecule has 188 valence electrons. The van der Waals surface area contributed by atoms with Crippen LogP contribution in [0, 0.1) is 35.5 Å². The van der Waals surface area contributed by atoms with Crippen LogP contribution in [0.3, 0.4) is 0 Å². The van der Waals surface area contributed by atoms with Crippen molar-refractivity contribution in [2.45, 2.75) is 168 Å². The first kappa shape index (κ1) is 26.6. The van der Waals surface area contributed by atoms with E-state index in [1.807, 2.05) is 0 Å². The van der Waals surface area contributed by atoms with Gasteiger partial charge < -0.3 is 0 Å². The van der Waals surface area contributed by atoms with Crippen LogP contribution in [0.1, 0.15) is 168 Å². The van der Waals surface area contributed by atoms with Crippen molar-refractivity contribution in [3.8, 4) is 0 Å². The molecule has 6 atom stereocenters. The third-order valence-electron chi connectivity index (χ3n) is 10.2. The van der Waals surface area contributed by atoms with Gasteiger partial charge in [0.25, 0.3) is 0 Å². The monoisotopic (exact) mass is 444 g/mol. The first-order valence-corrected chi connectivity index (χ1v) is 15.8. The normalized spacial score (nSPS) is 35.1. The second kappa shape index (κ2) is 15.8. The summed E-state index contributed by atoms with van der Waals surface area (Å²) in [6.45, 7) is 4.73. The molecule has 6 unspecified atom stereocenters. The van der Waals surface area contributed by atoms with Crippen LogP contribution >= 0.6 is 0 Å². The smallest absolute Gasteiger partial charge is 0.0357 e. The van der Waals surface area contributed by atoms with E-state index in [1.54, 1.807) is 77.0 Å². The van der Waals surface area contributed by atoms with Gasteiger partial charge in [-0.15, -0.1) is 0 Å². The maximum atomic E-state index is 2.37. The van der Waals surface area contributed by atoms with Gasteiger partial charge in [-0.1, -0.05) is 142 Å². The molecule has 0 aromatic carbocycles. The molecule has 0 aliphatic heterocycles. The predicted octanol–water partition coefficient (Wildman–Crippen LogP) is 11.1. The minimum atomic E-state index is 1.07. The lowest BCUT2D eigenvalue weighted by atomic mass is 9.63. The lowest BCUT2D eigenvalue weighted by Crippen LogP contribution is -2.32. The second-order valence-electron chi connectivity index (χ2n) is 12.6. The van der Waals surface area contributed by atoms with E-state index in [-0.39, 0.29) is 0 Å². The van der Waals surface area contributed by atoms with Gasteiger partial charge in [0, 0.05) is 0 Å². The van der Waals surface area contributed by atoms with Crippen molar-refractivity contribution in [3.05, 3.63) is 0 Å². The fourth-order valence-corrected chi connectivity index (χ4v) is 8.33. The van der Waals surface area contributed by atoms with Crippen LogP contribution in [0.2, 0.25) is 0 Å². The lowest BCUT2D eigenvalue weighted by Gasteiger charge is -2.43. The molecular weight excluding hydrogens is 384 g/mol. The SMILES string of the molecule is CCCCCCC1CCCCC1C1CCCCCCCC2CCC(CCCCC)CC2C1. The van der Waals surface area contributed by atoms with E-state index < -0.39 is 0 Å². The molecule has 0 bridgehead atoms. The topological polar surface area (TPSA) is 0 Å². The zero-order valence-corrected chi connectivity index (χ0v) is 22.4. The first-order valence-electron chi connectivity index (χ1n) is 15.8. The van der Waals surface area contributed by atoms with E-state index in [0.29, 0.717) is 0 Å². The zero-order valence-electron chi connectivity index (χ0n) is 22.4. The summed E-state index contributed by atoms with van der Waals surface area (Å²) in [4.78, 5) is 0. The van der Waals surface area contributed by atoms with Gasteiger partial charge in [0.2, 0.25) is 0 Å². The highest BCUT2D eigenvalue weighted by atomic mass is 14.4. The number of hydrogen-bond acceptors (Lipinski definition) is 0. The Morgan fingerprint density at radius 2 is 1.12 bits per heavy atom. The molecule has 0 saturated heterocycles. The number of fused-ring (bicyclic) bond motifs is 1. The third-order valence-corrected chi connectivity index (χ3v) is 10.2. The molecule has 0 radical (unpaired) electrons. The van der Waals surface area contributed by atoms with E-state index in [0.717, 1.165) is 35.5 Å². The van der Waals surface area contributed by atoms with Crippen LogP contribution in [-0.4, -0.2) is 0 Å². The summed E-state index contributed by atoms with van der Waals surface area (Å²) in [5.74, 6) is 6.49. The minimum absolute atomic E-state index is 1.07. The molecule has 0 nitrogen and oxygen atoms in total. The van der Waals surface area contributed by atoms with Gasteiger partial charge in [0.15, 0.2) is 0 Å². The van der Waals surface area contributed by atoms with Gasteiger partial charge >= 0.3 is 0 Å². The van der Waals surface area contributed by atoms with E-state index in [4.69, 9.17) is 0 Å². The number of rotatable bonds is 10. The van der Waals surface area contributed by atoms with E-state index in [1.165, 1.54) is 77.0 Å². The van der Waals surface area contributed by atoms with Crippen LogP contribution in [0.25, 0.3) is 0 Å². The summed E-state index contributed by atoms with van der Waals surface area (Å²) in [7, 11) is 0. The second-order valence-corrected chi connectivity index (χ2v) is 12.6. The van der Waals surface area contributed by atoms with E-state index in [9.17, 15) is 0 Å². The van der Waals surface area contributed by atoms with Crippen LogP contribution in [0.4, 0.5) is 0 Å². The quantitative estimate of drug-likeness (QED) is 0.294. The zero-order chi connectivity index (χ0) is 22.4. The molecular formula is C32H60. The van der Waals surface area contributed by atoms with Crippen molar-refractivity contribution in [1.82, 2.24) is 0 Å². The molecule has 0 N–H and O–H groups in total. The molecule has 0 spiro atoms. The van der Waals surface area contributed by atoms with Crippen LogP contribution in [0.15, 0.2) is 0 Å². The highest BCUT2D eigenvalue weighted by Gasteiger charge is 2.36. The molecule has 0 aromatic heterocycles. The van der Waals surface area contributed by atoms with Crippen LogP contribution in [0.5, 0.6) is 0 Å². The van der Waals surface area contributed by atoms with Gasteiger partial charge in [-0.3, -0.25) is 0 Å². The Kier molecular flexibility index (Phi) is 13.1. The largest absolute Gasteiger partial charge is 0.0654 e. The Bertz CT molecular complexity index is 453. The summed E-state index contributed by atoms with van der Waals surface area (Å²) in [6, 6.07) is 0. The summed E-state index contributed by atoms with van der Waals surface area (Å²) < 4.78 is 0. The Morgan fingerprint density at radius 3 is 1.94 bits per heavy atom. The van der Waals surface area contributed by atoms with Crippen molar-refractivity contribution in [2.75, 3.05) is 0 Å². The first-order chi connectivity index (χ1) is 15.8. The van der Waals surface area contributed by atoms with Crippen molar-refractivity contribution in [2.24, 2.45) is 35.5 Å². The maximum Gasteiger partial charge on any atom is -0.0357 e.